The molecular weight excluding hydrogens is 171 g/mol. The molecule has 1 unspecified atom stereocenters. The summed E-state index contributed by atoms with van der Waals surface area (Å²) in [5.74, 6) is -0.175. The van der Waals surface area contributed by atoms with Crippen molar-refractivity contribution in [2.45, 2.75) is 25.0 Å². The molecular formula is C10H13FS. The minimum absolute atomic E-state index is 0.175. The van der Waals surface area contributed by atoms with Gasteiger partial charge in [0.05, 0.1) is 0 Å². The second-order valence-electron chi connectivity index (χ2n) is 2.89. The Bertz CT molecular complexity index is 230. The predicted octanol–water partition coefficient (Wildman–Crippen LogP) is 3.08. The molecule has 1 aromatic carbocycles. The number of thiol groups is 1. The third-order valence-corrected chi connectivity index (χ3v) is 2.40. The van der Waals surface area contributed by atoms with Crippen molar-refractivity contribution < 1.29 is 4.39 Å². The Morgan fingerprint density at radius 2 is 1.92 bits per heavy atom. The summed E-state index contributed by atoms with van der Waals surface area (Å²) < 4.78 is 12.5. The van der Waals surface area contributed by atoms with Crippen LogP contribution in [0.25, 0.3) is 0 Å². The van der Waals surface area contributed by atoms with E-state index in [-0.39, 0.29) is 5.82 Å². The van der Waals surface area contributed by atoms with Crippen LogP contribution in [0.5, 0.6) is 0 Å². The first-order chi connectivity index (χ1) is 5.72. The van der Waals surface area contributed by atoms with Crippen molar-refractivity contribution >= 4 is 12.6 Å². The van der Waals surface area contributed by atoms with E-state index in [2.05, 4.69) is 19.6 Å². The Labute approximate surface area is 78.2 Å². The molecule has 0 fully saturated rings. The highest BCUT2D eigenvalue weighted by Crippen LogP contribution is 2.11. The van der Waals surface area contributed by atoms with Crippen LogP contribution in [0.3, 0.4) is 0 Å². The van der Waals surface area contributed by atoms with E-state index >= 15 is 0 Å². The molecule has 0 radical (unpaired) electrons. The topological polar surface area (TPSA) is 0 Å². The van der Waals surface area contributed by atoms with E-state index in [1.807, 2.05) is 12.1 Å². The average Bonchev–Trinajstić information content (AvgIpc) is 2.09. The van der Waals surface area contributed by atoms with Crippen LogP contribution < -0.4 is 0 Å². The Hall–Kier alpha value is -0.500. The molecule has 0 saturated heterocycles. The van der Waals surface area contributed by atoms with E-state index in [0.29, 0.717) is 5.25 Å². The van der Waals surface area contributed by atoms with Crippen molar-refractivity contribution in [3.8, 4) is 0 Å². The monoisotopic (exact) mass is 184 g/mol. The number of hydrogen-bond acceptors (Lipinski definition) is 1. The van der Waals surface area contributed by atoms with Gasteiger partial charge in [0.2, 0.25) is 0 Å². The van der Waals surface area contributed by atoms with Gasteiger partial charge in [0.25, 0.3) is 0 Å². The molecule has 1 rings (SSSR count). The minimum Gasteiger partial charge on any atom is -0.207 e. The molecule has 0 amide bonds. The largest absolute Gasteiger partial charge is 0.207 e. The van der Waals surface area contributed by atoms with Gasteiger partial charge >= 0.3 is 0 Å². The van der Waals surface area contributed by atoms with Gasteiger partial charge in [-0.15, -0.1) is 0 Å². The summed E-state index contributed by atoms with van der Waals surface area (Å²) in [6, 6.07) is 6.61. The maximum absolute atomic E-state index is 12.5. The number of halogens is 1. The van der Waals surface area contributed by atoms with Gasteiger partial charge in [-0.2, -0.15) is 12.6 Å². The highest BCUT2D eigenvalue weighted by Gasteiger charge is 2.01. The maximum Gasteiger partial charge on any atom is 0.123 e. The van der Waals surface area contributed by atoms with Crippen molar-refractivity contribution in [2.24, 2.45) is 0 Å². The average molecular weight is 184 g/mol. The fourth-order valence-electron chi connectivity index (χ4n) is 1.04. The fraction of sp³-hybridized carbons (Fsp3) is 0.400. The normalized spacial score (nSPS) is 12.9. The van der Waals surface area contributed by atoms with Crippen LogP contribution in [0.1, 0.15) is 18.9 Å². The quantitative estimate of drug-likeness (QED) is 0.686. The van der Waals surface area contributed by atoms with E-state index < -0.39 is 0 Å². The van der Waals surface area contributed by atoms with Gasteiger partial charge in [-0.1, -0.05) is 19.1 Å². The van der Waals surface area contributed by atoms with Gasteiger partial charge in [0, 0.05) is 5.25 Å². The molecule has 2 heteroatoms. The van der Waals surface area contributed by atoms with Gasteiger partial charge < -0.3 is 0 Å². The minimum atomic E-state index is -0.175. The molecule has 12 heavy (non-hydrogen) atoms. The van der Waals surface area contributed by atoms with Gasteiger partial charge in [-0.3, -0.25) is 0 Å². The Morgan fingerprint density at radius 1 is 1.33 bits per heavy atom. The highest BCUT2D eigenvalue weighted by molar-refractivity contribution is 7.80. The maximum atomic E-state index is 12.5. The molecule has 0 aliphatic carbocycles. The molecule has 66 valence electrons. The first kappa shape index (κ1) is 9.59. The van der Waals surface area contributed by atoms with Gasteiger partial charge in [0.15, 0.2) is 0 Å². The van der Waals surface area contributed by atoms with Crippen LogP contribution in [0, 0.1) is 5.82 Å². The van der Waals surface area contributed by atoms with Crippen LogP contribution in [0.4, 0.5) is 4.39 Å². The second kappa shape index (κ2) is 4.51. The van der Waals surface area contributed by atoms with Gasteiger partial charge in [-0.05, 0) is 30.5 Å². The van der Waals surface area contributed by atoms with Crippen molar-refractivity contribution in [3.05, 3.63) is 35.6 Å². The molecule has 0 N–H and O–H groups in total. The van der Waals surface area contributed by atoms with Crippen LogP contribution >= 0.6 is 12.6 Å². The Kier molecular flexibility index (Phi) is 3.60. The van der Waals surface area contributed by atoms with E-state index in [1.54, 1.807) is 0 Å². The molecule has 0 bridgehead atoms. The van der Waals surface area contributed by atoms with Crippen LogP contribution in [0.2, 0.25) is 0 Å². The lowest BCUT2D eigenvalue weighted by Gasteiger charge is -2.06. The SMILES string of the molecule is CCC(S)Cc1ccc(F)cc1. The summed E-state index contributed by atoms with van der Waals surface area (Å²) in [6.45, 7) is 2.10. The summed E-state index contributed by atoms with van der Waals surface area (Å²) in [6.07, 6.45) is 1.96. The highest BCUT2D eigenvalue weighted by atomic mass is 32.1. The molecule has 1 atom stereocenters. The van der Waals surface area contributed by atoms with E-state index in [0.717, 1.165) is 18.4 Å². The van der Waals surface area contributed by atoms with Crippen molar-refractivity contribution in [2.75, 3.05) is 0 Å². The third kappa shape index (κ3) is 2.86. The van der Waals surface area contributed by atoms with E-state index in [9.17, 15) is 4.39 Å². The Balaban J connectivity index is 2.58. The van der Waals surface area contributed by atoms with Crippen LogP contribution in [-0.2, 0) is 6.42 Å². The predicted molar refractivity (Wildman–Crippen MR) is 53.2 cm³/mol. The third-order valence-electron chi connectivity index (χ3n) is 1.86. The smallest absolute Gasteiger partial charge is 0.123 e. The first-order valence-electron chi connectivity index (χ1n) is 4.15. The zero-order chi connectivity index (χ0) is 8.97. The molecule has 0 nitrogen and oxygen atoms in total. The molecule has 0 aliphatic heterocycles. The van der Waals surface area contributed by atoms with Gasteiger partial charge in [-0.25, -0.2) is 4.39 Å². The summed E-state index contributed by atoms with van der Waals surface area (Å²) in [4.78, 5) is 0. The number of rotatable bonds is 3. The number of hydrogen-bond donors (Lipinski definition) is 1. The molecule has 0 aliphatic rings. The molecule has 0 saturated carbocycles. The van der Waals surface area contributed by atoms with Crippen LogP contribution in [0.15, 0.2) is 24.3 Å². The molecule has 0 aromatic heterocycles. The fourth-order valence-corrected chi connectivity index (χ4v) is 1.25. The number of benzene rings is 1. The molecule has 0 spiro atoms. The zero-order valence-electron chi connectivity index (χ0n) is 7.13. The zero-order valence-corrected chi connectivity index (χ0v) is 8.02. The molecule has 1 aromatic rings. The van der Waals surface area contributed by atoms with Crippen molar-refractivity contribution in [1.82, 2.24) is 0 Å². The van der Waals surface area contributed by atoms with Crippen molar-refractivity contribution in [3.63, 3.8) is 0 Å². The van der Waals surface area contributed by atoms with Crippen LogP contribution in [-0.4, -0.2) is 5.25 Å². The standard InChI is InChI=1S/C10H13FS/c1-2-10(12)7-8-3-5-9(11)6-4-8/h3-6,10,12H,2,7H2,1H3. The lowest BCUT2D eigenvalue weighted by molar-refractivity contribution is 0.626. The van der Waals surface area contributed by atoms with E-state index in [1.165, 1.54) is 12.1 Å². The van der Waals surface area contributed by atoms with Gasteiger partial charge in [0.1, 0.15) is 5.82 Å². The molecule has 0 heterocycles. The summed E-state index contributed by atoms with van der Waals surface area (Å²) in [5, 5.41) is 0.385. The first-order valence-corrected chi connectivity index (χ1v) is 4.66. The lowest BCUT2D eigenvalue weighted by Crippen LogP contribution is -2.00. The van der Waals surface area contributed by atoms with Crippen molar-refractivity contribution in [1.29, 1.82) is 0 Å². The second-order valence-corrected chi connectivity index (χ2v) is 3.62. The summed E-state index contributed by atoms with van der Waals surface area (Å²) in [5.41, 5.74) is 1.15. The lowest BCUT2D eigenvalue weighted by atomic mass is 10.1. The summed E-state index contributed by atoms with van der Waals surface area (Å²) in [7, 11) is 0. The summed E-state index contributed by atoms with van der Waals surface area (Å²) >= 11 is 4.37. The Morgan fingerprint density at radius 3 is 2.42 bits per heavy atom. The van der Waals surface area contributed by atoms with E-state index in [4.69, 9.17) is 0 Å².